The smallest absolute Gasteiger partial charge is 0.267 e. The van der Waals surface area contributed by atoms with Crippen molar-refractivity contribution in [3.05, 3.63) is 93.8 Å². The lowest BCUT2D eigenvalue weighted by molar-refractivity contribution is 0.412. The minimum absolute atomic E-state index is 0.153. The quantitative estimate of drug-likeness (QED) is 0.360. The van der Waals surface area contributed by atoms with Crippen LogP contribution in [0.5, 0.6) is 5.75 Å². The van der Waals surface area contributed by atoms with Crippen molar-refractivity contribution in [2.75, 3.05) is 7.11 Å². The highest BCUT2D eigenvalue weighted by Crippen LogP contribution is 2.29. The maximum Gasteiger partial charge on any atom is 0.267 e. The van der Waals surface area contributed by atoms with E-state index in [0.29, 0.717) is 22.6 Å². The number of benzene rings is 3. The number of hydrogen-bond donors (Lipinski definition) is 0. The summed E-state index contributed by atoms with van der Waals surface area (Å²) in [4.78, 5) is 13.6. The van der Waals surface area contributed by atoms with Gasteiger partial charge in [-0.2, -0.15) is 0 Å². The van der Waals surface area contributed by atoms with Crippen LogP contribution in [0.3, 0.4) is 0 Å². The highest BCUT2D eigenvalue weighted by Gasteiger charge is 2.20. The van der Waals surface area contributed by atoms with Crippen LogP contribution in [0.1, 0.15) is 16.7 Å². The summed E-state index contributed by atoms with van der Waals surface area (Å²) in [5, 5.41) is 10.2. The van der Waals surface area contributed by atoms with Crippen LogP contribution in [0.4, 0.5) is 0 Å². The Hall–Kier alpha value is -3.58. The monoisotopic (exact) mass is 442 g/mol. The third kappa shape index (κ3) is 3.44. The Labute approximate surface area is 189 Å². The van der Waals surface area contributed by atoms with Crippen LogP contribution in [0.2, 0.25) is 0 Å². The van der Waals surface area contributed by atoms with E-state index < -0.39 is 0 Å². The Morgan fingerprint density at radius 3 is 2.56 bits per heavy atom. The summed E-state index contributed by atoms with van der Waals surface area (Å²) in [6.07, 6.45) is 0. The molecule has 3 aromatic carbocycles. The first-order valence-corrected chi connectivity index (χ1v) is 11.3. The van der Waals surface area contributed by atoms with Gasteiger partial charge in [-0.25, -0.2) is 4.57 Å². The molecule has 5 rings (SSSR count). The van der Waals surface area contributed by atoms with E-state index in [-0.39, 0.29) is 5.56 Å². The molecule has 0 spiro atoms. The first-order valence-electron chi connectivity index (χ1n) is 10.3. The van der Waals surface area contributed by atoms with Gasteiger partial charge in [-0.05, 0) is 49.2 Å². The highest BCUT2D eigenvalue weighted by atomic mass is 32.2. The second kappa shape index (κ2) is 8.16. The molecule has 0 N–H and O–H groups in total. The summed E-state index contributed by atoms with van der Waals surface area (Å²) >= 11 is 1.60. The summed E-state index contributed by atoms with van der Waals surface area (Å²) in [6, 6.07) is 21.7. The van der Waals surface area contributed by atoms with Crippen molar-refractivity contribution < 1.29 is 4.74 Å². The molecular weight excluding hydrogens is 420 g/mol. The van der Waals surface area contributed by atoms with Crippen molar-refractivity contribution in [1.82, 2.24) is 19.2 Å². The molecule has 0 unspecified atom stereocenters. The molecule has 0 aliphatic heterocycles. The molecule has 0 radical (unpaired) electrons. The fourth-order valence-corrected chi connectivity index (χ4v) is 4.80. The molecule has 0 saturated carbocycles. The van der Waals surface area contributed by atoms with E-state index in [1.165, 1.54) is 11.1 Å². The molecule has 0 saturated heterocycles. The molecule has 0 aliphatic rings. The number of rotatable bonds is 5. The number of hydrogen-bond acceptors (Lipinski definition) is 5. The van der Waals surface area contributed by atoms with Crippen molar-refractivity contribution in [3.8, 4) is 11.4 Å². The number of thioether (sulfide) groups is 1. The normalized spacial score (nSPS) is 11.3. The van der Waals surface area contributed by atoms with Gasteiger partial charge in [0.1, 0.15) is 5.75 Å². The molecule has 0 amide bonds. The zero-order chi connectivity index (χ0) is 22.2. The predicted molar refractivity (Wildman–Crippen MR) is 128 cm³/mol. The second-order valence-corrected chi connectivity index (χ2v) is 8.67. The summed E-state index contributed by atoms with van der Waals surface area (Å²) in [5.74, 6) is 1.82. The molecular formula is C25H22N4O2S. The predicted octanol–water partition coefficient (Wildman–Crippen LogP) is 4.95. The van der Waals surface area contributed by atoms with E-state index in [1.54, 1.807) is 23.4 Å². The van der Waals surface area contributed by atoms with Crippen LogP contribution in [0.15, 0.2) is 76.7 Å². The molecule has 5 aromatic rings. The first-order chi connectivity index (χ1) is 15.6. The Bertz CT molecular complexity index is 1520. The highest BCUT2D eigenvalue weighted by molar-refractivity contribution is 7.98. The second-order valence-electron chi connectivity index (χ2n) is 7.73. The van der Waals surface area contributed by atoms with Gasteiger partial charge >= 0.3 is 0 Å². The van der Waals surface area contributed by atoms with Crippen LogP contribution >= 0.6 is 11.8 Å². The zero-order valence-electron chi connectivity index (χ0n) is 18.1. The maximum absolute atomic E-state index is 13.6. The van der Waals surface area contributed by atoms with Gasteiger partial charge in [-0.1, -0.05) is 59.8 Å². The van der Waals surface area contributed by atoms with E-state index in [0.717, 1.165) is 22.0 Å². The zero-order valence-corrected chi connectivity index (χ0v) is 18.9. The van der Waals surface area contributed by atoms with E-state index in [4.69, 9.17) is 4.74 Å². The third-order valence-electron chi connectivity index (χ3n) is 5.42. The summed E-state index contributed by atoms with van der Waals surface area (Å²) in [7, 11) is 1.60. The van der Waals surface area contributed by atoms with Crippen molar-refractivity contribution in [1.29, 1.82) is 0 Å². The van der Waals surface area contributed by atoms with Gasteiger partial charge in [0.15, 0.2) is 5.16 Å². The van der Waals surface area contributed by atoms with Gasteiger partial charge < -0.3 is 4.74 Å². The standard InChI is InChI=1S/C25H22N4O2S/c1-16-7-6-8-18(13-16)15-32-25-27-26-24-28(21-14-17(2)11-12-22(21)31-3)23(30)19-9-4-5-10-20(19)29(24)25/h4-14H,15H2,1-3H3. The summed E-state index contributed by atoms with van der Waals surface area (Å²) < 4.78 is 9.12. The molecule has 0 aliphatic carbocycles. The number of methoxy groups -OCH3 is 1. The molecule has 0 atom stereocenters. The lowest BCUT2D eigenvalue weighted by Crippen LogP contribution is -2.22. The Morgan fingerprint density at radius 1 is 0.938 bits per heavy atom. The van der Waals surface area contributed by atoms with Crippen molar-refractivity contribution in [2.45, 2.75) is 24.8 Å². The molecule has 32 heavy (non-hydrogen) atoms. The van der Waals surface area contributed by atoms with E-state index in [2.05, 4.69) is 41.4 Å². The number of ether oxygens (including phenoxy) is 1. The molecule has 160 valence electrons. The number of nitrogens with zero attached hydrogens (tertiary/aromatic N) is 4. The van der Waals surface area contributed by atoms with Gasteiger partial charge in [0.25, 0.3) is 5.56 Å². The molecule has 2 heterocycles. The SMILES string of the molecule is COc1ccc(C)cc1-n1c(=O)c2ccccc2n2c(SCc3cccc(C)c3)nnc12. The maximum atomic E-state index is 13.6. The molecule has 7 heteroatoms. The van der Waals surface area contributed by atoms with Crippen LogP contribution in [0, 0.1) is 13.8 Å². The lowest BCUT2D eigenvalue weighted by atomic mass is 10.2. The van der Waals surface area contributed by atoms with Gasteiger partial charge in [-0.15, -0.1) is 10.2 Å². The van der Waals surface area contributed by atoms with Crippen LogP contribution < -0.4 is 10.3 Å². The topological polar surface area (TPSA) is 61.4 Å². The fraction of sp³-hybridized carbons (Fsp3) is 0.160. The van der Waals surface area contributed by atoms with Crippen LogP contribution in [0.25, 0.3) is 22.4 Å². The van der Waals surface area contributed by atoms with Gasteiger partial charge in [0, 0.05) is 5.75 Å². The number of fused-ring (bicyclic) bond motifs is 3. The minimum atomic E-state index is -0.153. The van der Waals surface area contributed by atoms with E-state index in [1.807, 2.05) is 53.8 Å². The summed E-state index contributed by atoms with van der Waals surface area (Å²) in [6.45, 7) is 4.07. The minimum Gasteiger partial charge on any atom is -0.495 e. The molecule has 2 aromatic heterocycles. The van der Waals surface area contributed by atoms with Gasteiger partial charge in [0.05, 0.1) is 23.7 Å². The Balaban J connectivity index is 1.75. The number of aromatic nitrogens is 4. The first kappa shape index (κ1) is 20.3. The van der Waals surface area contributed by atoms with Crippen LogP contribution in [-0.4, -0.2) is 26.3 Å². The lowest BCUT2D eigenvalue weighted by Gasteiger charge is -2.14. The number of para-hydroxylation sites is 1. The van der Waals surface area contributed by atoms with E-state index in [9.17, 15) is 4.79 Å². The Kier molecular flexibility index (Phi) is 5.19. The van der Waals surface area contributed by atoms with Gasteiger partial charge in [-0.3, -0.25) is 9.20 Å². The fourth-order valence-electron chi connectivity index (χ4n) is 3.91. The average molecular weight is 443 g/mol. The van der Waals surface area contributed by atoms with Crippen molar-refractivity contribution in [3.63, 3.8) is 0 Å². The third-order valence-corrected chi connectivity index (χ3v) is 6.42. The van der Waals surface area contributed by atoms with Gasteiger partial charge in [0.2, 0.25) is 5.78 Å². The molecule has 0 bridgehead atoms. The van der Waals surface area contributed by atoms with E-state index >= 15 is 0 Å². The van der Waals surface area contributed by atoms with Crippen molar-refractivity contribution in [2.24, 2.45) is 0 Å². The summed E-state index contributed by atoms with van der Waals surface area (Å²) in [5.41, 5.74) is 4.74. The molecule has 6 nitrogen and oxygen atoms in total. The Morgan fingerprint density at radius 2 is 1.75 bits per heavy atom. The molecule has 0 fully saturated rings. The largest absolute Gasteiger partial charge is 0.495 e. The number of aryl methyl sites for hydroxylation is 2. The van der Waals surface area contributed by atoms with Crippen LogP contribution in [-0.2, 0) is 5.75 Å². The van der Waals surface area contributed by atoms with Crippen molar-refractivity contribution >= 4 is 28.4 Å². The average Bonchev–Trinajstić information content (AvgIpc) is 3.22.